The van der Waals surface area contributed by atoms with E-state index in [1.165, 1.54) is 11.3 Å². The van der Waals surface area contributed by atoms with Crippen molar-refractivity contribution < 1.29 is 0 Å². The van der Waals surface area contributed by atoms with Gasteiger partial charge in [0.2, 0.25) is 0 Å². The molecule has 0 fully saturated rings. The largest absolute Gasteiger partial charge is 0.290 e. The van der Waals surface area contributed by atoms with Gasteiger partial charge in [-0.05, 0) is 14.1 Å². The summed E-state index contributed by atoms with van der Waals surface area (Å²) in [5.74, 6) is 0. The first-order valence-electron chi connectivity index (χ1n) is 3.20. The highest BCUT2D eigenvalue weighted by molar-refractivity contribution is 7.09. The van der Waals surface area contributed by atoms with Crippen LogP contribution in [-0.2, 0) is 0 Å². The van der Waals surface area contributed by atoms with Crippen molar-refractivity contribution in [2.75, 3.05) is 14.1 Å². The average molecular weight is 167 g/mol. The fourth-order valence-electron chi connectivity index (χ4n) is 0.794. The molecule has 0 aliphatic rings. The van der Waals surface area contributed by atoms with Gasteiger partial charge in [0.1, 0.15) is 6.04 Å². The summed E-state index contributed by atoms with van der Waals surface area (Å²) in [5.41, 5.74) is 1.74. The van der Waals surface area contributed by atoms with E-state index in [1.54, 1.807) is 11.7 Å². The molecule has 0 saturated carbocycles. The van der Waals surface area contributed by atoms with Crippen LogP contribution in [0.1, 0.15) is 10.9 Å². The lowest BCUT2D eigenvalue weighted by atomic mass is 10.3. The van der Waals surface area contributed by atoms with Gasteiger partial charge in [0.25, 0.3) is 0 Å². The number of aromatic nitrogens is 1. The van der Waals surface area contributed by atoms with Crippen molar-refractivity contribution in [3.05, 3.63) is 16.6 Å². The molecule has 1 unspecified atom stereocenters. The van der Waals surface area contributed by atoms with Crippen LogP contribution in [0.25, 0.3) is 0 Å². The molecule has 0 spiro atoms. The Morgan fingerprint density at radius 2 is 2.45 bits per heavy atom. The summed E-state index contributed by atoms with van der Waals surface area (Å²) in [6.45, 7) is 0. The Morgan fingerprint density at radius 3 is 2.82 bits per heavy atom. The quantitative estimate of drug-likeness (QED) is 0.666. The lowest BCUT2D eigenvalue weighted by molar-refractivity contribution is 0.362. The van der Waals surface area contributed by atoms with Gasteiger partial charge in [-0.1, -0.05) is 0 Å². The number of thiazole rings is 1. The van der Waals surface area contributed by atoms with Crippen LogP contribution in [0.4, 0.5) is 0 Å². The Balaban J connectivity index is 2.82. The van der Waals surface area contributed by atoms with Gasteiger partial charge < -0.3 is 0 Å². The van der Waals surface area contributed by atoms with Gasteiger partial charge in [0.05, 0.1) is 16.5 Å². The molecule has 0 N–H and O–H groups in total. The van der Waals surface area contributed by atoms with E-state index in [0.29, 0.717) is 0 Å². The third kappa shape index (κ3) is 1.76. The van der Waals surface area contributed by atoms with Crippen molar-refractivity contribution in [2.24, 2.45) is 0 Å². The van der Waals surface area contributed by atoms with Gasteiger partial charge in [-0.3, -0.25) is 9.88 Å². The summed E-state index contributed by atoms with van der Waals surface area (Å²) >= 11 is 1.51. The maximum Gasteiger partial charge on any atom is 0.134 e. The first kappa shape index (κ1) is 8.18. The van der Waals surface area contributed by atoms with Gasteiger partial charge >= 0.3 is 0 Å². The number of hydrogen-bond donors (Lipinski definition) is 0. The Morgan fingerprint density at radius 1 is 1.73 bits per heavy atom. The first-order chi connectivity index (χ1) is 5.25. The molecule has 1 atom stereocenters. The Kier molecular flexibility index (Phi) is 2.58. The predicted octanol–water partition coefficient (Wildman–Crippen LogP) is 1.27. The molecule has 0 radical (unpaired) electrons. The Bertz CT molecular complexity index is 247. The minimum absolute atomic E-state index is 0.150. The third-order valence-corrected chi connectivity index (χ3v) is 2.19. The topological polar surface area (TPSA) is 39.9 Å². The second kappa shape index (κ2) is 3.46. The Hall–Kier alpha value is -0.920. The summed E-state index contributed by atoms with van der Waals surface area (Å²) in [7, 11) is 3.77. The summed E-state index contributed by atoms with van der Waals surface area (Å²) in [6.07, 6.45) is 1.73. The molecule has 0 aliphatic carbocycles. The molecule has 1 rings (SSSR count). The highest BCUT2D eigenvalue weighted by Crippen LogP contribution is 2.19. The number of nitriles is 1. The fourth-order valence-corrected chi connectivity index (χ4v) is 1.55. The minimum atomic E-state index is -0.150. The van der Waals surface area contributed by atoms with E-state index in [4.69, 9.17) is 5.26 Å². The molecule has 3 nitrogen and oxygen atoms in total. The summed E-state index contributed by atoms with van der Waals surface area (Å²) < 4.78 is 0. The van der Waals surface area contributed by atoms with Crippen LogP contribution < -0.4 is 0 Å². The van der Waals surface area contributed by atoms with E-state index in [-0.39, 0.29) is 6.04 Å². The maximum absolute atomic E-state index is 8.76. The second-order valence-corrected chi connectivity index (χ2v) is 3.32. The normalized spacial score (nSPS) is 12.9. The van der Waals surface area contributed by atoms with E-state index in [2.05, 4.69) is 11.1 Å². The first-order valence-corrected chi connectivity index (χ1v) is 4.08. The van der Waals surface area contributed by atoms with Crippen molar-refractivity contribution in [2.45, 2.75) is 6.04 Å². The van der Waals surface area contributed by atoms with Crippen molar-refractivity contribution in [1.82, 2.24) is 9.88 Å². The van der Waals surface area contributed by atoms with Gasteiger partial charge in [0, 0.05) is 6.20 Å². The molecular weight excluding hydrogens is 158 g/mol. The van der Waals surface area contributed by atoms with Crippen LogP contribution in [0, 0.1) is 11.3 Å². The zero-order chi connectivity index (χ0) is 8.27. The molecule has 1 heterocycles. The summed E-state index contributed by atoms with van der Waals surface area (Å²) in [4.78, 5) is 6.78. The van der Waals surface area contributed by atoms with E-state index in [0.717, 1.165) is 4.88 Å². The smallest absolute Gasteiger partial charge is 0.134 e. The SMILES string of the molecule is CN(C)C(C#N)c1cncs1. The molecule has 58 valence electrons. The molecule has 0 aliphatic heterocycles. The average Bonchev–Trinajstić information content (AvgIpc) is 2.40. The molecule has 4 heteroatoms. The third-order valence-electron chi connectivity index (χ3n) is 1.36. The number of hydrogen-bond acceptors (Lipinski definition) is 4. The zero-order valence-corrected chi connectivity index (χ0v) is 7.30. The van der Waals surface area contributed by atoms with Crippen LogP contribution >= 0.6 is 11.3 Å². The monoisotopic (exact) mass is 167 g/mol. The molecule has 11 heavy (non-hydrogen) atoms. The minimum Gasteiger partial charge on any atom is -0.290 e. The van der Waals surface area contributed by atoms with Crippen molar-refractivity contribution >= 4 is 11.3 Å². The van der Waals surface area contributed by atoms with Gasteiger partial charge in [-0.25, -0.2) is 0 Å². The van der Waals surface area contributed by atoms with Crippen molar-refractivity contribution in [3.8, 4) is 6.07 Å². The molecule has 1 aromatic heterocycles. The van der Waals surface area contributed by atoms with Crippen LogP contribution in [0.3, 0.4) is 0 Å². The highest BCUT2D eigenvalue weighted by Gasteiger charge is 2.13. The number of nitrogens with zero attached hydrogens (tertiary/aromatic N) is 3. The standard InChI is InChI=1S/C7H9N3S/c1-10(2)6(3-8)7-4-9-5-11-7/h4-6H,1-2H3. The molecule has 0 amide bonds. The van der Waals surface area contributed by atoms with Crippen molar-refractivity contribution in [3.63, 3.8) is 0 Å². The maximum atomic E-state index is 8.76. The Labute approximate surface area is 69.9 Å². The van der Waals surface area contributed by atoms with Crippen LogP contribution in [0.2, 0.25) is 0 Å². The van der Waals surface area contributed by atoms with E-state index < -0.39 is 0 Å². The lowest BCUT2D eigenvalue weighted by Crippen LogP contribution is -2.16. The molecule has 0 bridgehead atoms. The van der Waals surface area contributed by atoms with Crippen molar-refractivity contribution in [1.29, 1.82) is 5.26 Å². The second-order valence-electron chi connectivity index (χ2n) is 2.40. The summed E-state index contributed by atoms with van der Waals surface area (Å²) in [5, 5.41) is 8.76. The molecular formula is C7H9N3S. The highest BCUT2D eigenvalue weighted by atomic mass is 32.1. The van der Waals surface area contributed by atoms with E-state index >= 15 is 0 Å². The zero-order valence-electron chi connectivity index (χ0n) is 6.48. The summed E-state index contributed by atoms with van der Waals surface area (Å²) in [6, 6.07) is 2.05. The van der Waals surface area contributed by atoms with Crippen LogP contribution in [0.15, 0.2) is 11.7 Å². The molecule has 0 saturated heterocycles. The number of rotatable bonds is 2. The predicted molar refractivity (Wildman–Crippen MR) is 44.2 cm³/mol. The van der Waals surface area contributed by atoms with Gasteiger partial charge in [0.15, 0.2) is 0 Å². The van der Waals surface area contributed by atoms with Gasteiger partial charge in [-0.15, -0.1) is 11.3 Å². The van der Waals surface area contributed by atoms with Crippen LogP contribution in [-0.4, -0.2) is 24.0 Å². The van der Waals surface area contributed by atoms with E-state index in [1.807, 2.05) is 19.0 Å². The molecule has 0 aromatic carbocycles. The lowest BCUT2D eigenvalue weighted by Gasteiger charge is -2.14. The fraction of sp³-hybridized carbons (Fsp3) is 0.429. The van der Waals surface area contributed by atoms with Crippen LogP contribution in [0.5, 0.6) is 0 Å². The molecule has 1 aromatic rings. The van der Waals surface area contributed by atoms with E-state index in [9.17, 15) is 0 Å². The van der Waals surface area contributed by atoms with Gasteiger partial charge in [-0.2, -0.15) is 5.26 Å².